The van der Waals surface area contributed by atoms with Gasteiger partial charge in [-0.05, 0) is 127 Å². The fraction of sp³-hybridized carbons (Fsp3) is 0.822. The fourth-order valence-electron chi connectivity index (χ4n) is 9.70. The largest absolute Gasteiger partial charge is 0.456 e. The quantitative estimate of drug-likeness (QED) is 0.0884. The molecule has 3 aliphatic heterocycles. The van der Waals surface area contributed by atoms with Crippen LogP contribution in [0.15, 0.2) is 23.3 Å². The van der Waals surface area contributed by atoms with Gasteiger partial charge in [0.25, 0.3) is 11.7 Å². The van der Waals surface area contributed by atoms with E-state index in [2.05, 4.69) is 38.7 Å². The Morgan fingerprint density at radius 2 is 1.66 bits per heavy atom. The number of rotatable bonds is 7. The summed E-state index contributed by atoms with van der Waals surface area (Å²) in [5.74, 6) is -6.00. The molecule has 13 heteroatoms. The minimum atomic E-state index is -2.46. The lowest BCUT2D eigenvalue weighted by atomic mass is 9.82. The topological polar surface area (TPSA) is 138 Å². The number of carbonyl (C=O) groups excluding carboxylic acids is 4. The zero-order chi connectivity index (χ0) is 43.1. The van der Waals surface area contributed by atoms with Crippen molar-refractivity contribution in [3.05, 3.63) is 23.3 Å². The molecule has 2 saturated heterocycles. The van der Waals surface area contributed by atoms with E-state index < -0.39 is 68.1 Å². The predicted molar refractivity (Wildman–Crippen MR) is 228 cm³/mol. The lowest BCUT2D eigenvalue weighted by molar-refractivity contribution is -0.302. The number of amides is 1. The molecule has 3 fully saturated rings. The molecule has 330 valence electrons. The number of Topliss-reactive ketones (excluding diaryl/α,β-unsaturated/α-hetero) is 2. The number of cyclic esters (lactones) is 1. The molecule has 13 atom stereocenters. The summed E-state index contributed by atoms with van der Waals surface area (Å²) in [6.45, 7) is 18.5. The molecule has 3 heterocycles. The summed E-state index contributed by atoms with van der Waals surface area (Å²) < 4.78 is 30.9. The number of hydrogen-bond acceptors (Lipinski definition) is 10. The number of nitrogens with zero attached hydrogens (tertiary/aromatic N) is 1. The standard InChI is InChI=1S/C45H74ClNO10Si/c1-12-33-22-27(2)21-28(3)23-38(53-7)41-39(54-8)25-31(6)45(52,56-41)42(49)43(50)47-20-14-13-15-35(47)44(51)55-40(29(4)16-18-36(33)48)30(5)24-32-17-19-37(34(46)26-32)57-58(9,10)11/h22,24,28-29,31-35,37-41,52H,12-21,23,25-26H2,1-11H3. The summed E-state index contributed by atoms with van der Waals surface area (Å²) in [4.78, 5) is 57.9. The second-order valence-electron chi connectivity index (χ2n) is 19.0. The number of ether oxygens (including phenoxy) is 4. The number of fused-ring (bicyclic) bond motifs is 3. The van der Waals surface area contributed by atoms with Gasteiger partial charge in [0, 0.05) is 39.0 Å². The summed E-state index contributed by atoms with van der Waals surface area (Å²) in [5, 5.41) is 11.9. The van der Waals surface area contributed by atoms with Crippen LogP contribution in [0.5, 0.6) is 0 Å². The molecule has 1 amide bonds. The molecule has 4 aliphatic rings. The van der Waals surface area contributed by atoms with E-state index in [0.717, 1.165) is 30.4 Å². The summed E-state index contributed by atoms with van der Waals surface area (Å²) in [7, 11) is 1.35. The number of halogens is 1. The maximum atomic E-state index is 14.4. The van der Waals surface area contributed by atoms with E-state index in [1.165, 1.54) is 4.90 Å². The van der Waals surface area contributed by atoms with E-state index in [4.69, 9.17) is 35.0 Å². The summed E-state index contributed by atoms with van der Waals surface area (Å²) >= 11 is 6.91. The van der Waals surface area contributed by atoms with Crippen LogP contribution >= 0.6 is 11.6 Å². The van der Waals surface area contributed by atoms with Crippen LogP contribution in [0, 0.1) is 29.6 Å². The number of esters is 1. The molecular weight excluding hydrogens is 778 g/mol. The highest BCUT2D eigenvalue weighted by Crippen LogP contribution is 2.39. The Kier molecular flexibility index (Phi) is 17.8. The first-order valence-electron chi connectivity index (χ1n) is 21.9. The van der Waals surface area contributed by atoms with Crippen LogP contribution in [0.4, 0.5) is 0 Å². The van der Waals surface area contributed by atoms with Gasteiger partial charge in [0.1, 0.15) is 24.0 Å². The van der Waals surface area contributed by atoms with Crippen molar-refractivity contribution < 1.29 is 47.7 Å². The highest BCUT2D eigenvalue weighted by atomic mass is 35.5. The lowest BCUT2D eigenvalue weighted by Gasteiger charge is -2.47. The zero-order valence-corrected chi connectivity index (χ0v) is 39.0. The molecule has 1 N–H and O–H groups in total. The first kappa shape index (κ1) is 48.7. The Bertz CT molecular complexity index is 1500. The average molecular weight is 853 g/mol. The van der Waals surface area contributed by atoms with Gasteiger partial charge in [0.2, 0.25) is 5.79 Å². The van der Waals surface area contributed by atoms with E-state index in [1.807, 2.05) is 27.7 Å². The maximum Gasteiger partial charge on any atom is 0.329 e. The third-order valence-electron chi connectivity index (χ3n) is 12.9. The zero-order valence-electron chi connectivity index (χ0n) is 37.2. The predicted octanol–water partition coefficient (Wildman–Crippen LogP) is 7.95. The Morgan fingerprint density at radius 3 is 2.28 bits per heavy atom. The van der Waals surface area contributed by atoms with Gasteiger partial charge in [0.15, 0.2) is 8.32 Å². The molecule has 11 nitrogen and oxygen atoms in total. The van der Waals surface area contributed by atoms with Crippen LogP contribution in [-0.2, 0) is 42.6 Å². The molecule has 4 rings (SSSR count). The first-order chi connectivity index (χ1) is 27.2. The van der Waals surface area contributed by atoms with Crippen molar-refractivity contribution >= 4 is 43.4 Å². The highest BCUT2D eigenvalue weighted by molar-refractivity contribution is 6.69. The molecule has 0 radical (unpaired) electrons. The van der Waals surface area contributed by atoms with Crippen LogP contribution < -0.4 is 0 Å². The lowest BCUT2D eigenvalue weighted by Crippen LogP contribution is -2.64. The maximum absolute atomic E-state index is 14.4. The second kappa shape index (κ2) is 21.2. The van der Waals surface area contributed by atoms with Crippen molar-refractivity contribution in [3.8, 4) is 0 Å². The summed E-state index contributed by atoms with van der Waals surface area (Å²) in [5.41, 5.74) is 1.96. The Morgan fingerprint density at radius 1 is 0.983 bits per heavy atom. The molecule has 0 aromatic heterocycles. The van der Waals surface area contributed by atoms with Gasteiger partial charge < -0.3 is 33.4 Å². The number of carbonyl (C=O) groups is 4. The minimum Gasteiger partial charge on any atom is -0.456 e. The van der Waals surface area contributed by atoms with Gasteiger partial charge in [-0.3, -0.25) is 14.4 Å². The smallest absolute Gasteiger partial charge is 0.329 e. The fourth-order valence-corrected chi connectivity index (χ4v) is 11.4. The third-order valence-corrected chi connectivity index (χ3v) is 14.4. The molecular formula is C45H74ClNO10Si. The van der Waals surface area contributed by atoms with Crippen LogP contribution in [0.3, 0.4) is 0 Å². The molecule has 13 unspecified atom stereocenters. The number of allylic oxidation sites excluding steroid dienone is 3. The molecule has 0 spiro atoms. The van der Waals surface area contributed by atoms with Crippen molar-refractivity contribution in [1.29, 1.82) is 0 Å². The number of piperidine rings is 1. The van der Waals surface area contributed by atoms with Crippen LogP contribution in [0.2, 0.25) is 19.6 Å². The number of alkyl halides is 1. The number of aliphatic hydroxyl groups is 1. The Hall–Kier alpha value is -1.93. The number of methoxy groups -OCH3 is 2. The van der Waals surface area contributed by atoms with Crippen LogP contribution in [-0.4, -0.2) is 110 Å². The summed E-state index contributed by atoms with van der Waals surface area (Å²) in [6.07, 6.45) is 8.66. The van der Waals surface area contributed by atoms with E-state index in [0.29, 0.717) is 51.4 Å². The van der Waals surface area contributed by atoms with E-state index in [1.54, 1.807) is 21.1 Å². The molecule has 1 saturated carbocycles. The number of hydrogen-bond donors (Lipinski definition) is 1. The van der Waals surface area contributed by atoms with E-state index >= 15 is 0 Å². The normalized spacial score (nSPS) is 38.7. The van der Waals surface area contributed by atoms with Crippen molar-refractivity contribution in [2.75, 3.05) is 20.8 Å². The van der Waals surface area contributed by atoms with E-state index in [-0.39, 0.29) is 53.9 Å². The highest BCUT2D eigenvalue weighted by Gasteiger charge is 2.56. The average Bonchev–Trinajstić information content (AvgIpc) is 3.17. The first-order valence-corrected chi connectivity index (χ1v) is 25.8. The molecule has 0 aromatic rings. The monoisotopic (exact) mass is 851 g/mol. The van der Waals surface area contributed by atoms with Gasteiger partial charge in [0.05, 0.1) is 23.7 Å². The van der Waals surface area contributed by atoms with E-state index in [9.17, 15) is 24.3 Å². The van der Waals surface area contributed by atoms with Crippen LogP contribution in [0.25, 0.3) is 0 Å². The molecule has 1 aliphatic carbocycles. The van der Waals surface area contributed by atoms with Crippen molar-refractivity contribution in [1.82, 2.24) is 4.90 Å². The van der Waals surface area contributed by atoms with Gasteiger partial charge in [-0.2, -0.15) is 0 Å². The van der Waals surface area contributed by atoms with Gasteiger partial charge in [-0.15, -0.1) is 11.6 Å². The Labute approximate surface area is 354 Å². The van der Waals surface area contributed by atoms with Crippen molar-refractivity contribution in [2.45, 2.75) is 186 Å². The molecule has 0 aromatic carbocycles. The third kappa shape index (κ3) is 12.3. The number of ketones is 2. The summed E-state index contributed by atoms with van der Waals surface area (Å²) in [6, 6.07) is -1.03. The Balaban J connectivity index is 1.71. The van der Waals surface area contributed by atoms with Crippen molar-refractivity contribution in [3.63, 3.8) is 0 Å². The van der Waals surface area contributed by atoms with Gasteiger partial charge in [-0.1, -0.05) is 45.4 Å². The molecule has 2 bridgehead atoms. The van der Waals surface area contributed by atoms with Crippen LogP contribution in [0.1, 0.15) is 119 Å². The minimum absolute atomic E-state index is 0.00827. The van der Waals surface area contributed by atoms with Gasteiger partial charge in [-0.25, -0.2) is 4.79 Å². The SMILES string of the molecule is CCC1C=C(C)CC(C)CC(OC)C2OC(O)(C(=O)C(=O)N3CCCCC3C(=O)OC(C(C)=CC3CCC(O[Si](C)(C)C)C(Cl)C3)C(C)CCC1=O)C(C)CC2OC. The molecule has 58 heavy (non-hydrogen) atoms. The van der Waals surface area contributed by atoms with Crippen molar-refractivity contribution in [2.24, 2.45) is 29.6 Å². The van der Waals surface area contributed by atoms with Gasteiger partial charge >= 0.3 is 5.97 Å². The second-order valence-corrected chi connectivity index (χ2v) is 24.0.